The van der Waals surface area contributed by atoms with Crippen molar-refractivity contribution in [1.82, 2.24) is 9.97 Å². The van der Waals surface area contributed by atoms with Gasteiger partial charge in [-0.15, -0.1) is 11.3 Å². The highest BCUT2D eigenvalue weighted by molar-refractivity contribution is 7.10. The summed E-state index contributed by atoms with van der Waals surface area (Å²) >= 11 is 1.71. The molecule has 0 amide bonds. The monoisotopic (exact) mass is 268 g/mol. The first kappa shape index (κ1) is 12.3. The highest BCUT2D eigenvalue weighted by Crippen LogP contribution is 2.29. The quantitative estimate of drug-likeness (QED) is 0.641. The van der Waals surface area contributed by atoms with E-state index < -0.39 is 0 Å². The Morgan fingerprint density at radius 3 is 2.42 bits per heavy atom. The molecule has 0 unspecified atom stereocenters. The number of nitrogens with zero attached hydrogens (tertiary/aromatic N) is 2. The summed E-state index contributed by atoms with van der Waals surface area (Å²) in [5, 5.41) is 4.41. The SMILES string of the molecule is CC(C)(C)c1nc(-c2ccc3ccccc3n2)cs1. The van der Waals surface area contributed by atoms with Crippen molar-refractivity contribution >= 4 is 22.2 Å². The van der Waals surface area contributed by atoms with E-state index in [4.69, 9.17) is 4.98 Å². The first-order chi connectivity index (χ1) is 9.04. The number of hydrogen-bond acceptors (Lipinski definition) is 3. The summed E-state index contributed by atoms with van der Waals surface area (Å²) in [6, 6.07) is 12.3. The molecular weight excluding hydrogens is 252 g/mol. The first-order valence-corrected chi connectivity index (χ1v) is 7.24. The fourth-order valence-corrected chi connectivity index (χ4v) is 2.85. The van der Waals surface area contributed by atoms with Crippen LogP contribution < -0.4 is 0 Å². The lowest BCUT2D eigenvalue weighted by Gasteiger charge is -2.13. The Hall–Kier alpha value is -1.74. The molecule has 0 N–H and O–H groups in total. The third-order valence-electron chi connectivity index (χ3n) is 3.01. The maximum absolute atomic E-state index is 4.71. The van der Waals surface area contributed by atoms with Gasteiger partial charge in [-0.1, -0.05) is 45.0 Å². The van der Waals surface area contributed by atoms with Gasteiger partial charge < -0.3 is 0 Å². The van der Waals surface area contributed by atoms with Gasteiger partial charge in [-0.3, -0.25) is 0 Å². The van der Waals surface area contributed by atoms with Crippen molar-refractivity contribution < 1.29 is 0 Å². The van der Waals surface area contributed by atoms with Gasteiger partial charge in [0.1, 0.15) is 0 Å². The number of rotatable bonds is 1. The second-order valence-electron chi connectivity index (χ2n) is 5.68. The molecule has 1 aromatic carbocycles. The molecule has 2 nitrogen and oxygen atoms in total. The van der Waals surface area contributed by atoms with Crippen molar-refractivity contribution in [3.8, 4) is 11.4 Å². The maximum Gasteiger partial charge on any atom is 0.0999 e. The van der Waals surface area contributed by atoms with Crippen LogP contribution in [-0.4, -0.2) is 9.97 Å². The van der Waals surface area contributed by atoms with Gasteiger partial charge >= 0.3 is 0 Å². The molecule has 0 radical (unpaired) electrons. The number of thiazole rings is 1. The molecule has 3 aromatic rings. The van der Waals surface area contributed by atoms with Gasteiger partial charge in [0.25, 0.3) is 0 Å². The van der Waals surface area contributed by atoms with Gasteiger partial charge in [0.15, 0.2) is 0 Å². The average molecular weight is 268 g/mol. The van der Waals surface area contributed by atoms with Crippen LogP contribution in [0.2, 0.25) is 0 Å². The Morgan fingerprint density at radius 2 is 1.68 bits per heavy atom. The standard InChI is InChI=1S/C16H16N2S/c1-16(2,3)15-18-14(10-19-15)13-9-8-11-6-4-5-7-12(11)17-13/h4-10H,1-3H3. The van der Waals surface area contributed by atoms with Crippen LogP contribution in [0, 0.1) is 0 Å². The van der Waals surface area contributed by atoms with Crippen LogP contribution >= 0.6 is 11.3 Å². The number of pyridine rings is 1. The van der Waals surface area contributed by atoms with E-state index in [1.165, 1.54) is 0 Å². The summed E-state index contributed by atoms with van der Waals surface area (Å²) in [6.45, 7) is 6.55. The second-order valence-corrected chi connectivity index (χ2v) is 6.54. The second kappa shape index (κ2) is 4.42. The largest absolute Gasteiger partial charge is 0.246 e. The molecule has 3 heteroatoms. The van der Waals surface area contributed by atoms with Crippen LogP contribution in [0.5, 0.6) is 0 Å². The fraction of sp³-hybridized carbons (Fsp3) is 0.250. The van der Waals surface area contributed by atoms with E-state index in [0.29, 0.717) is 0 Å². The van der Waals surface area contributed by atoms with Gasteiger partial charge in [-0.05, 0) is 12.1 Å². The molecule has 0 saturated heterocycles. The smallest absolute Gasteiger partial charge is 0.0999 e. The molecule has 3 rings (SSSR count). The molecule has 0 aliphatic heterocycles. The third kappa shape index (κ3) is 2.38. The van der Waals surface area contributed by atoms with E-state index >= 15 is 0 Å². The van der Waals surface area contributed by atoms with Crippen LogP contribution in [0.3, 0.4) is 0 Å². The van der Waals surface area contributed by atoms with E-state index in [0.717, 1.165) is 27.3 Å². The topological polar surface area (TPSA) is 25.8 Å². The minimum absolute atomic E-state index is 0.0970. The van der Waals surface area contributed by atoms with Gasteiger partial charge in [0.05, 0.1) is 21.9 Å². The predicted octanol–water partition coefficient (Wildman–Crippen LogP) is 4.66. The molecule has 0 bridgehead atoms. The molecule has 19 heavy (non-hydrogen) atoms. The zero-order chi connectivity index (χ0) is 13.5. The summed E-state index contributed by atoms with van der Waals surface area (Å²) in [6.07, 6.45) is 0. The average Bonchev–Trinajstić information content (AvgIpc) is 2.87. The highest BCUT2D eigenvalue weighted by atomic mass is 32.1. The lowest BCUT2D eigenvalue weighted by Crippen LogP contribution is -2.10. The van der Waals surface area contributed by atoms with Gasteiger partial charge in [-0.25, -0.2) is 9.97 Å². The molecule has 0 aliphatic rings. The van der Waals surface area contributed by atoms with Crippen molar-refractivity contribution in [2.24, 2.45) is 0 Å². The van der Waals surface area contributed by atoms with Gasteiger partial charge in [0, 0.05) is 16.2 Å². The molecule has 2 aromatic heterocycles. The van der Waals surface area contributed by atoms with Crippen molar-refractivity contribution in [3.05, 3.63) is 46.8 Å². The minimum atomic E-state index is 0.0970. The van der Waals surface area contributed by atoms with Gasteiger partial charge in [0.2, 0.25) is 0 Å². The van der Waals surface area contributed by atoms with E-state index in [-0.39, 0.29) is 5.41 Å². The number of aromatic nitrogens is 2. The highest BCUT2D eigenvalue weighted by Gasteiger charge is 2.18. The molecule has 0 aliphatic carbocycles. The molecule has 2 heterocycles. The van der Waals surface area contributed by atoms with Crippen LogP contribution in [-0.2, 0) is 5.41 Å². The zero-order valence-corrected chi connectivity index (χ0v) is 12.2. The molecule has 0 saturated carbocycles. The Labute approximate surface area is 117 Å². The van der Waals surface area contributed by atoms with Crippen molar-refractivity contribution in [1.29, 1.82) is 0 Å². The lowest BCUT2D eigenvalue weighted by atomic mass is 9.98. The number of fused-ring (bicyclic) bond motifs is 1. The van der Waals surface area contributed by atoms with Crippen molar-refractivity contribution in [2.75, 3.05) is 0 Å². The third-order valence-corrected chi connectivity index (χ3v) is 4.27. The zero-order valence-electron chi connectivity index (χ0n) is 11.3. The van der Waals surface area contributed by atoms with Crippen molar-refractivity contribution in [2.45, 2.75) is 26.2 Å². The molecule has 0 spiro atoms. The number of benzene rings is 1. The Bertz CT molecular complexity index is 723. The Balaban J connectivity index is 2.07. The van der Waals surface area contributed by atoms with Crippen LogP contribution in [0.4, 0.5) is 0 Å². The van der Waals surface area contributed by atoms with E-state index in [2.05, 4.69) is 43.3 Å². The number of para-hydroxylation sites is 1. The van der Waals surface area contributed by atoms with E-state index in [1.54, 1.807) is 11.3 Å². The first-order valence-electron chi connectivity index (χ1n) is 6.36. The van der Waals surface area contributed by atoms with Crippen molar-refractivity contribution in [3.63, 3.8) is 0 Å². The van der Waals surface area contributed by atoms with E-state index in [9.17, 15) is 0 Å². The minimum Gasteiger partial charge on any atom is -0.246 e. The van der Waals surface area contributed by atoms with Crippen LogP contribution in [0.25, 0.3) is 22.3 Å². The molecule has 0 atom stereocenters. The summed E-state index contributed by atoms with van der Waals surface area (Å²) in [4.78, 5) is 9.40. The summed E-state index contributed by atoms with van der Waals surface area (Å²) in [5.41, 5.74) is 3.04. The molecule has 96 valence electrons. The predicted molar refractivity (Wildman–Crippen MR) is 81.6 cm³/mol. The Morgan fingerprint density at radius 1 is 0.895 bits per heavy atom. The Kier molecular flexibility index (Phi) is 2.86. The summed E-state index contributed by atoms with van der Waals surface area (Å²) < 4.78 is 0. The fourth-order valence-electron chi connectivity index (χ4n) is 1.94. The normalized spacial score (nSPS) is 11.9. The summed E-state index contributed by atoms with van der Waals surface area (Å²) in [7, 11) is 0. The molecular formula is C16H16N2S. The number of hydrogen-bond donors (Lipinski definition) is 0. The summed E-state index contributed by atoms with van der Waals surface area (Å²) in [5.74, 6) is 0. The van der Waals surface area contributed by atoms with Crippen LogP contribution in [0.15, 0.2) is 41.8 Å². The lowest BCUT2D eigenvalue weighted by molar-refractivity contribution is 0.586. The van der Waals surface area contributed by atoms with Gasteiger partial charge in [-0.2, -0.15) is 0 Å². The van der Waals surface area contributed by atoms with Crippen LogP contribution in [0.1, 0.15) is 25.8 Å². The van der Waals surface area contributed by atoms with E-state index in [1.807, 2.05) is 24.3 Å². The molecule has 0 fully saturated rings. The maximum atomic E-state index is 4.71.